The second-order valence-electron chi connectivity index (χ2n) is 7.96. The van der Waals surface area contributed by atoms with Crippen LogP contribution in [-0.4, -0.2) is 39.9 Å². The smallest absolute Gasteiger partial charge is 0.408 e. The minimum Gasteiger partial charge on any atom is -0.490 e. The number of aromatic nitrogens is 1. The van der Waals surface area contributed by atoms with Crippen molar-refractivity contribution in [2.45, 2.75) is 51.7 Å². The third kappa shape index (κ3) is 4.81. The lowest BCUT2D eigenvalue weighted by Crippen LogP contribution is -2.44. The Kier molecular flexibility index (Phi) is 5.34. The summed E-state index contributed by atoms with van der Waals surface area (Å²) in [6, 6.07) is 4.90. The molecule has 8 heteroatoms. The fraction of sp³-hybridized carbons (Fsp3) is 0.450. The number of thiazole rings is 1. The van der Waals surface area contributed by atoms with Crippen LogP contribution < -0.4 is 10.1 Å². The fourth-order valence-corrected chi connectivity index (χ4v) is 3.54. The summed E-state index contributed by atoms with van der Waals surface area (Å²) in [4.78, 5) is 29.1. The van der Waals surface area contributed by atoms with E-state index in [1.165, 1.54) is 17.4 Å². The highest BCUT2D eigenvalue weighted by Gasteiger charge is 2.46. The number of nitrogens with one attached hydrogen (secondary N) is 1. The molecule has 7 nitrogen and oxygen atoms in total. The number of alkyl carbamates (subject to hydrolysis) is 1. The van der Waals surface area contributed by atoms with Crippen molar-refractivity contribution in [1.82, 2.24) is 10.3 Å². The number of ether oxygens (including phenoxy) is 2. The van der Waals surface area contributed by atoms with E-state index in [2.05, 4.69) is 10.3 Å². The molecule has 0 radical (unpaired) electrons. The van der Waals surface area contributed by atoms with Crippen molar-refractivity contribution in [2.24, 2.45) is 0 Å². The Morgan fingerprint density at radius 1 is 1.32 bits per heavy atom. The van der Waals surface area contributed by atoms with Gasteiger partial charge in [-0.15, -0.1) is 11.3 Å². The molecule has 1 heterocycles. The zero-order chi connectivity index (χ0) is 20.5. The normalized spacial score (nSPS) is 15.0. The van der Waals surface area contributed by atoms with Crippen molar-refractivity contribution < 1.29 is 24.2 Å². The number of rotatable bonds is 6. The molecule has 1 aromatic heterocycles. The van der Waals surface area contributed by atoms with Crippen LogP contribution >= 0.6 is 11.3 Å². The average Bonchev–Trinajstić information content (AvgIpc) is 3.20. The Labute approximate surface area is 167 Å². The van der Waals surface area contributed by atoms with Gasteiger partial charge in [-0.1, -0.05) is 6.07 Å². The first-order chi connectivity index (χ1) is 13.1. The number of hydrogen-bond donors (Lipinski definition) is 2. The highest BCUT2D eigenvalue weighted by atomic mass is 32.1. The molecule has 1 aliphatic carbocycles. The third-order valence-electron chi connectivity index (χ3n) is 4.22. The Balaban J connectivity index is 1.79. The summed E-state index contributed by atoms with van der Waals surface area (Å²) in [5.74, 6) is -0.604. The van der Waals surface area contributed by atoms with Crippen LogP contribution in [0.25, 0.3) is 10.6 Å². The molecule has 0 spiro atoms. The first-order valence-electron chi connectivity index (χ1n) is 9.02. The van der Waals surface area contributed by atoms with E-state index in [4.69, 9.17) is 9.47 Å². The molecule has 0 atom stereocenters. The predicted molar refractivity (Wildman–Crippen MR) is 106 cm³/mol. The van der Waals surface area contributed by atoms with Gasteiger partial charge in [-0.3, -0.25) is 0 Å². The molecular weight excluding hydrogens is 380 g/mol. The highest BCUT2D eigenvalue weighted by molar-refractivity contribution is 7.15. The zero-order valence-electron chi connectivity index (χ0n) is 16.4. The van der Waals surface area contributed by atoms with Gasteiger partial charge in [0.05, 0.1) is 16.7 Å². The topological polar surface area (TPSA) is 97.8 Å². The van der Waals surface area contributed by atoms with E-state index < -0.39 is 23.2 Å². The molecule has 1 aliphatic rings. The first-order valence-corrected chi connectivity index (χ1v) is 9.83. The van der Waals surface area contributed by atoms with Gasteiger partial charge in [0.25, 0.3) is 0 Å². The lowest BCUT2D eigenvalue weighted by Gasteiger charge is -2.24. The number of amides is 1. The van der Waals surface area contributed by atoms with Gasteiger partial charge in [-0.25, -0.2) is 14.6 Å². The van der Waals surface area contributed by atoms with Crippen LogP contribution in [0.1, 0.15) is 48.8 Å². The molecule has 150 valence electrons. The summed E-state index contributed by atoms with van der Waals surface area (Å²) in [5.41, 5.74) is -0.470. The standard InChI is InChI=1S/C20H24N2O5S/c1-12-10-21-16(28-12)15-13(17(23)24)6-5-7-14(15)26-11-20(8-9-20)22-18(25)27-19(2,3)4/h5-7,10H,8-9,11H2,1-4H3,(H,22,25)(H,23,24). The zero-order valence-corrected chi connectivity index (χ0v) is 17.2. The molecule has 1 amide bonds. The van der Waals surface area contributed by atoms with Crippen molar-refractivity contribution in [3.8, 4) is 16.3 Å². The number of hydrogen-bond acceptors (Lipinski definition) is 6. The minimum atomic E-state index is -1.04. The summed E-state index contributed by atoms with van der Waals surface area (Å²) >= 11 is 1.41. The predicted octanol–water partition coefficient (Wildman–Crippen LogP) is 4.25. The maximum absolute atomic E-state index is 12.1. The van der Waals surface area contributed by atoms with Gasteiger partial charge in [0, 0.05) is 11.1 Å². The van der Waals surface area contributed by atoms with E-state index in [1.54, 1.807) is 18.3 Å². The molecular formula is C20H24N2O5S. The number of carboxylic acids is 1. The molecule has 3 rings (SSSR count). The number of carboxylic acid groups (broad SMARTS) is 1. The van der Waals surface area contributed by atoms with Crippen molar-refractivity contribution in [3.63, 3.8) is 0 Å². The Morgan fingerprint density at radius 2 is 2.04 bits per heavy atom. The monoisotopic (exact) mass is 404 g/mol. The van der Waals surface area contributed by atoms with E-state index in [-0.39, 0.29) is 12.2 Å². The van der Waals surface area contributed by atoms with Crippen LogP contribution in [0.5, 0.6) is 5.75 Å². The SMILES string of the molecule is Cc1cnc(-c2c(OCC3(NC(=O)OC(C)(C)C)CC3)cccc2C(=O)O)s1. The van der Waals surface area contributed by atoms with Crippen LogP contribution in [0, 0.1) is 6.92 Å². The van der Waals surface area contributed by atoms with Gasteiger partial charge >= 0.3 is 12.1 Å². The molecule has 1 saturated carbocycles. The molecule has 28 heavy (non-hydrogen) atoms. The van der Waals surface area contributed by atoms with Gasteiger partial charge in [0.1, 0.15) is 23.0 Å². The first kappa shape index (κ1) is 20.1. The molecule has 0 unspecified atom stereocenters. The van der Waals surface area contributed by atoms with Crippen LogP contribution in [-0.2, 0) is 4.74 Å². The van der Waals surface area contributed by atoms with E-state index >= 15 is 0 Å². The van der Waals surface area contributed by atoms with Gasteiger partial charge in [-0.2, -0.15) is 0 Å². The van der Waals surface area contributed by atoms with Crippen LogP contribution in [0.2, 0.25) is 0 Å². The lowest BCUT2D eigenvalue weighted by atomic mass is 10.1. The van der Waals surface area contributed by atoms with E-state index in [9.17, 15) is 14.7 Å². The second kappa shape index (κ2) is 7.43. The summed E-state index contributed by atoms with van der Waals surface area (Å²) in [6.45, 7) is 7.56. The van der Waals surface area contributed by atoms with E-state index in [0.717, 1.165) is 17.7 Å². The van der Waals surface area contributed by atoms with Crippen molar-refractivity contribution in [3.05, 3.63) is 34.8 Å². The molecule has 1 aromatic carbocycles. The quantitative estimate of drug-likeness (QED) is 0.747. The average molecular weight is 404 g/mol. The summed E-state index contributed by atoms with van der Waals surface area (Å²) < 4.78 is 11.3. The number of carbonyl (C=O) groups excluding carboxylic acids is 1. The number of nitrogens with zero attached hydrogens (tertiary/aromatic N) is 1. The van der Waals surface area contributed by atoms with Crippen LogP contribution in [0.4, 0.5) is 4.79 Å². The molecule has 2 aromatic rings. The van der Waals surface area contributed by atoms with Crippen molar-refractivity contribution in [2.75, 3.05) is 6.61 Å². The molecule has 1 fully saturated rings. The number of aryl methyl sites for hydroxylation is 1. The maximum atomic E-state index is 12.1. The van der Waals surface area contributed by atoms with Gasteiger partial charge in [0.2, 0.25) is 0 Å². The second-order valence-corrected chi connectivity index (χ2v) is 9.19. The highest BCUT2D eigenvalue weighted by Crippen LogP contribution is 2.40. The summed E-state index contributed by atoms with van der Waals surface area (Å²) in [7, 11) is 0. The summed E-state index contributed by atoms with van der Waals surface area (Å²) in [6.07, 6.45) is 2.77. The van der Waals surface area contributed by atoms with Gasteiger partial charge in [-0.05, 0) is 52.7 Å². The molecule has 2 N–H and O–H groups in total. The minimum absolute atomic E-state index is 0.136. The van der Waals surface area contributed by atoms with Gasteiger partial charge < -0.3 is 19.9 Å². The Morgan fingerprint density at radius 3 is 2.57 bits per heavy atom. The fourth-order valence-electron chi connectivity index (χ4n) is 2.71. The Bertz CT molecular complexity index is 896. The third-order valence-corrected chi connectivity index (χ3v) is 5.15. The summed E-state index contributed by atoms with van der Waals surface area (Å²) in [5, 5.41) is 13.0. The van der Waals surface area contributed by atoms with E-state index in [0.29, 0.717) is 16.3 Å². The molecule has 0 saturated heterocycles. The number of aromatic carboxylic acids is 1. The van der Waals surface area contributed by atoms with Crippen molar-refractivity contribution in [1.29, 1.82) is 0 Å². The molecule has 0 bridgehead atoms. The maximum Gasteiger partial charge on any atom is 0.408 e. The lowest BCUT2D eigenvalue weighted by molar-refractivity contribution is 0.0477. The van der Waals surface area contributed by atoms with Crippen molar-refractivity contribution >= 4 is 23.4 Å². The number of carbonyl (C=O) groups is 2. The Hall–Kier alpha value is -2.61. The van der Waals surface area contributed by atoms with Gasteiger partial charge in [0.15, 0.2) is 0 Å². The molecule has 0 aliphatic heterocycles. The largest absolute Gasteiger partial charge is 0.490 e. The van der Waals surface area contributed by atoms with Crippen LogP contribution in [0.15, 0.2) is 24.4 Å². The number of benzene rings is 1. The van der Waals surface area contributed by atoms with E-state index in [1.807, 2.05) is 27.7 Å². The van der Waals surface area contributed by atoms with Crippen LogP contribution in [0.3, 0.4) is 0 Å².